The number of Topliss-reactive ketones (excluding diaryl/α,β-unsaturated/α-hetero) is 2. The lowest BCUT2D eigenvalue weighted by molar-refractivity contribution is -0.115. The minimum Gasteiger partial charge on any atom is -0.294 e. The van der Waals surface area contributed by atoms with Gasteiger partial charge in [0.25, 0.3) is 0 Å². The second-order valence-corrected chi connectivity index (χ2v) is 11.4. The molecule has 1 aromatic rings. The highest BCUT2D eigenvalue weighted by molar-refractivity contribution is 8.03. The van der Waals surface area contributed by atoms with Gasteiger partial charge in [-0.3, -0.25) is 9.59 Å². The fraction of sp³-hybridized carbons (Fsp3) is 0.500. The maximum absolute atomic E-state index is 13.2. The number of hydrogen-bond donors (Lipinski definition) is 0. The smallest absolute Gasteiger partial charge is 0.198 e. The third-order valence-corrected chi connectivity index (χ3v) is 8.63. The van der Waals surface area contributed by atoms with Gasteiger partial charge in [0.05, 0.1) is 21.2 Å². The molecule has 0 fully saturated rings. The van der Waals surface area contributed by atoms with Gasteiger partial charge in [-0.1, -0.05) is 38.4 Å². The third-order valence-electron chi connectivity index (χ3n) is 5.29. The van der Waals surface area contributed by atoms with Crippen LogP contribution in [0.2, 0.25) is 5.02 Å². The zero-order chi connectivity index (χ0) is 20.0. The van der Waals surface area contributed by atoms with Crippen molar-refractivity contribution < 1.29 is 18.0 Å². The summed E-state index contributed by atoms with van der Waals surface area (Å²) in [5.41, 5.74) is 0.593. The summed E-state index contributed by atoms with van der Waals surface area (Å²) >= 11 is 7.98. The molecule has 0 saturated carbocycles. The molecule has 2 aliphatic rings. The van der Waals surface area contributed by atoms with Crippen molar-refractivity contribution in [2.75, 3.05) is 11.5 Å². The molecule has 0 bridgehead atoms. The minimum atomic E-state index is -3.56. The van der Waals surface area contributed by atoms with E-state index in [0.29, 0.717) is 24.8 Å². The molecular weight excluding hydrogens is 404 g/mol. The van der Waals surface area contributed by atoms with E-state index < -0.39 is 15.6 Å². The van der Waals surface area contributed by atoms with E-state index in [1.54, 1.807) is 12.1 Å². The van der Waals surface area contributed by atoms with Crippen LogP contribution in [0.4, 0.5) is 0 Å². The highest BCUT2D eigenvalue weighted by Gasteiger charge is 2.39. The van der Waals surface area contributed by atoms with Gasteiger partial charge in [0.15, 0.2) is 21.4 Å². The molecule has 1 aromatic carbocycles. The molecule has 4 nitrogen and oxygen atoms in total. The standard InChI is InChI=1S/C20H23ClO4S2/c1-4-26-15-7-5-6-14(22)16(15)18(23)12-8-9-13-19(17(12)21)27(24,25)11-10-20(13,2)3/h8-9H,4-7,10-11H2,1-3H3. The first-order valence-corrected chi connectivity index (χ1v) is 12.1. The van der Waals surface area contributed by atoms with Gasteiger partial charge in [-0.05, 0) is 47.0 Å². The Labute approximate surface area is 169 Å². The number of benzene rings is 1. The number of ketones is 2. The fourth-order valence-electron chi connectivity index (χ4n) is 3.72. The van der Waals surface area contributed by atoms with E-state index in [4.69, 9.17) is 11.6 Å². The van der Waals surface area contributed by atoms with Crippen LogP contribution in [0.15, 0.2) is 27.5 Å². The second-order valence-electron chi connectivity index (χ2n) is 7.59. The minimum absolute atomic E-state index is 0.00290. The Morgan fingerprint density at radius 2 is 1.96 bits per heavy atom. The molecule has 0 amide bonds. The van der Waals surface area contributed by atoms with E-state index in [-0.39, 0.29) is 38.0 Å². The molecular formula is C20H23ClO4S2. The SMILES string of the molecule is CCSC1=C(C(=O)c2ccc3c(c2Cl)S(=O)(=O)CCC3(C)C)C(=O)CCC1. The van der Waals surface area contributed by atoms with E-state index in [9.17, 15) is 18.0 Å². The largest absolute Gasteiger partial charge is 0.294 e. The van der Waals surface area contributed by atoms with Crippen LogP contribution >= 0.6 is 23.4 Å². The van der Waals surface area contributed by atoms with Crippen LogP contribution in [0.3, 0.4) is 0 Å². The van der Waals surface area contributed by atoms with Gasteiger partial charge in [-0.15, -0.1) is 11.8 Å². The van der Waals surface area contributed by atoms with Crippen molar-refractivity contribution in [3.8, 4) is 0 Å². The lowest BCUT2D eigenvalue weighted by Crippen LogP contribution is -2.31. The summed E-state index contributed by atoms with van der Waals surface area (Å²) < 4.78 is 25.4. The number of thioether (sulfide) groups is 1. The molecule has 0 saturated heterocycles. The number of carbonyl (C=O) groups is 2. The van der Waals surface area contributed by atoms with Gasteiger partial charge in [0.2, 0.25) is 0 Å². The summed E-state index contributed by atoms with van der Waals surface area (Å²) in [5, 5.41) is -0.0444. The van der Waals surface area contributed by atoms with Crippen LogP contribution in [-0.4, -0.2) is 31.5 Å². The zero-order valence-electron chi connectivity index (χ0n) is 15.7. The van der Waals surface area contributed by atoms with Gasteiger partial charge in [-0.2, -0.15) is 0 Å². The fourth-order valence-corrected chi connectivity index (χ4v) is 7.35. The first-order chi connectivity index (χ1) is 12.6. The van der Waals surface area contributed by atoms with E-state index in [2.05, 4.69) is 0 Å². The Morgan fingerprint density at radius 1 is 1.26 bits per heavy atom. The average Bonchev–Trinajstić information content (AvgIpc) is 2.59. The Hall–Kier alpha value is -1.11. The third kappa shape index (κ3) is 3.64. The predicted molar refractivity (Wildman–Crippen MR) is 109 cm³/mol. The van der Waals surface area contributed by atoms with Crippen LogP contribution in [0, 0.1) is 0 Å². The van der Waals surface area contributed by atoms with Crippen LogP contribution < -0.4 is 0 Å². The van der Waals surface area contributed by atoms with Crippen molar-refractivity contribution >= 4 is 44.8 Å². The topological polar surface area (TPSA) is 68.3 Å². The van der Waals surface area contributed by atoms with Crippen molar-refractivity contribution in [3.05, 3.63) is 38.8 Å². The molecule has 0 spiro atoms. The maximum Gasteiger partial charge on any atom is 0.198 e. The average molecular weight is 427 g/mol. The van der Waals surface area contributed by atoms with Gasteiger partial charge in [0.1, 0.15) is 0 Å². The summed E-state index contributed by atoms with van der Waals surface area (Å²) in [6.07, 6.45) is 2.27. The molecule has 0 atom stereocenters. The number of fused-ring (bicyclic) bond motifs is 1. The second kappa shape index (κ2) is 7.37. The quantitative estimate of drug-likeness (QED) is 0.513. The lowest BCUT2D eigenvalue weighted by atomic mass is 9.81. The van der Waals surface area contributed by atoms with Gasteiger partial charge in [-0.25, -0.2) is 8.42 Å². The number of allylic oxidation sites excluding steroid dienone is 2. The highest BCUT2D eigenvalue weighted by Crippen LogP contribution is 2.43. The molecule has 1 aliphatic carbocycles. The number of carbonyl (C=O) groups excluding carboxylic acids is 2. The predicted octanol–water partition coefficient (Wildman–Crippen LogP) is 4.74. The lowest BCUT2D eigenvalue weighted by Gasteiger charge is -2.33. The molecule has 0 aromatic heterocycles. The van der Waals surface area contributed by atoms with Gasteiger partial charge >= 0.3 is 0 Å². The Morgan fingerprint density at radius 3 is 2.63 bits per heavy atom. The van der Waals surface area contributed by atoms with Crippen molar-refractivity contribution in [1.82, 2.24) is 0 Å². The van der Waals surface area contributed by atoms with E-state index in [1.165, 1.54) is 11.8 Å². The molecule has 1 heterocycles. The normalized spacial score (nSPS) is 21.1. The van der Waals surface area contributed by atoms with Crippen LogP contribution in [-0.2, 0) is 20.0 Å². The van der Waals surface area contributed by atoms with E-state index in [0.717, 1.165) is 17.1 Å². The van der Waals surface area contributed by atoms with Crippen molar-refractivity contribution in [2.24, 2.45) is 0 Å². The molecule has 146 valence electrons. The highest BCUT2D eigenvalue weighted by atomic mass is 35.5. The number of sulfone groups is 1. The van der Waals surface area contributed by atoms with Gasteiger partial charge in [0, 0.05) is 12.0 Å². The monoisotopic (exact) mass is 426 g/mol. The zero-order valence-corrected chi connectivity index (χ0v) is 18.1. The molecule has 1 aliphatic heterocycles. The summed E-state index contributed by atoms with van der Waals surface area (Å²) in [5.74, 6) is 0.129. The summed E-state index contributed by atoms with van der Waals surface area (Å²) in [6, 6.07) is 3.26. The molecule has 0 unspecified atom stereocenters. The molecule has 7 heteroatoms. The molecule has 0 N–H and O–H groups in total. The van der Waals surface area contributed by atoms with Crippen LogP contribution in [0.1, 0.15) is 62.4 Å². The van der Waals surface area contributed by atoms with Crippen molar-refractivity contribution in [2.45, 2.75) is 56.8 Å². The Bertz CT molecular complexity index is 958. The van der Waals surface area contributed by atoms with E-state index >= 15 is 0 Å². The van der Waals surface area contributed by atoms with Crippen molar-refractivity contribution in [3.63, 3.8) is 0 Å². The number of hydrogen-bond acceptors (Lipinski definition) is 5. The van der Waals surface area contributed by atoms with Crippen LogP contribution in [0.25, 0.3) is 0 Å². The van der Waals surface area contributed by atoms with Crippen molar-refractivity contribution in [1.29, 1.82) is 0 Å². The van der Waals surface area contributed by atoms with Gasteiger partial charge < -0.3 is 0 Å². The first kappa shape index (κ1) is 20.6. The Kier molecular flexibility index (Phi) is 5.63. The first-order valence-electron chi connectivity index (χ1n) is 9.09. The maximum atomic E-state index is 13.2. The number of halogens is 1. The Balaban J connectivity index is 2.19. The molecule has 3 rings (SSSR count). The molecule has 27 heavy (non-hydrogen) atoms. The summed E-state index contributed by atoms with van der Waals surface area (Å²) in [7, 11) is -3.56. The van der Waals surface area contributed by atoms with Crippen LogP contribution in [0.5, 0.6) is 0 Å². The number of rotatable bonds is 4. The summed E-state index contributed by atoms with van der Waals surface area (Å²) in [6.45, 7) is 5.92. The molecule has 0 radical (unpaired) electrons. The van der Waals surface area contributed by atoms with E-state index in [1.807, 2.05) is 20.8 Å². The summed E-state index contributed by atoms with van der Waals surface area (Å²) in [4.78, 5) is 26.5.